The van der Waals surface area contributed by atoms with E-state index < -0.39 is 133 Å². The molecule has 0 aliphatic carbocycles. The lowest BCUT2D eigenvalue weighted by molar-refractivity contribution is -0.146. The predicted octanol–water partition coefficient (Wildman–Crippen LogP) is -3.35. The van der Waals surface area contributed by atoms with Crippen molar-refractivity contribution in [2.45, 2.75) is 100 Å². The number of carboxylic acids is 3. The zero-order valence-corrected chi connectivity index (χ0v) is 38.2. The summed E-state index contributed by atoms with van der Waals surface area (Å²) in [6, 6.07) is 3.59. The normalized spacial score (nSPS) is 15.6. The second kappa shape index (κ2) is 28.0. The largest absolute Gasteiger partial charge is 0.508 e. The van der Waals surface area contributed by atoms with Gasteiger partial charge in [0.1, 0.15) is 48.0 Å². The lowest BCUT2D eigenvalue weighted by Gasteiger charge is -2.30. The van der Waals surface area contributed by atoms with Crippen molar-refractivity contribution in [2.75, 3.05) is 25.4 Å². The fourth-order valence-corrected chi connectivity index (χ4v) is 7.39. The minimum absolute atomic E-state index is 0.0277. The molecule has 1 aliphatic heterocycles. The molecule has 7 atom stereocenters. The van der Waals surface area contributed by atoms with Crippen LogP contribution in [0, 0.1) is 5.41 Å². The average molecular weight is 986 g/mol. The Bertz CT molecular complexity index is 2170. The molecule has 2 aromatic carbocycles. The molecule has 0 spiro atoms. The average Bonchev–Trinajstić information content (AvgIpc) is 3.80. The Morgan fingerprint density at radius 2 is 1.23 bits per heavy atom. The van der Waals surface area contributed by atoms with Crippen LogP contribution in [-0.2, 0) is 60.8 Å². The summed E-state index contributed by atoms with van der Waals surface area (Å²) in [5, 5.41) is 63.1. The van der Waals surface area contributed by atoms with Gasteiger partial charge in [0.05, 0.1) is 13.0 Å². The summed E-state index contributed by atoms with van der Waals surface area (Å²) >= 11 is 3.99. The van der Waals surface area contributed by atoms with Crippen LogP contribution in [-0.4, -0.2) is 158 Å². The molecule has 1 aliphatic rings. The van der Waals surface area contributed by atoms with E-state index in [1.165, 1.54) is 24.3 Å². The molecule has 0 unspecified atom stereocenters. The fraction of sp³-hybridized carbons (Fsp3) is 0.465. The van der Waals surface area contributed by atoms with Crippen molar-refractivity contribution in [1.82, 2.24) is 42.1 Å². The van der Waals surface area contributed by atoms with E-state index in [0.29, 0.717) is 11.1 Å². The Morgan fingerprint density at radius 1 is 0.696 bits per heavy atom. The van der Waals surface area contributed by atoms with E-state index in [1.807, 2.05) is 0 Å². The number of rotatable bonds is 28. The molecular formula is C43H59N11O14S. The van der Waals surface area contributed by atoms with Gasteiger partial charge in [-0.25, -0.2) is 4.79 Å². The van der Waals surface area contributed by atoms with E-state index in [2.05, 4.69) is 49.8 Å². The molecule has 0 radical (unpaired) electrons. The molecule has 1 heterocycles. The van der Waals surface area contributed by atoms with Crippen LogP contribution < -0.4 is 48.7 Å². The molecule has 376 valence electrons. The number of benzene rings is 2. The van der Waals surface area contributed by atoms with E-state index in [-0.39, 0.29) is 63.1 Å². The highest BCUT2D eigenvalue weighted by molar-refractivity contribution is 7.80. The number of aliphatic carboxylic acids is 3. The Morgan fingerprint density at radius 3 is 1.75 bits per heavy atom. The molecule has 1 fully saturated rings. The van der Waals surface area contributed by atoms with E-state index in [1.54, 1.807) is 30.3 Å². The summed E-state index contributed by atoms with van der Waals surface area (Å²) in [6.45, 7) is -0.567. The van der Waals surface area contributed by atoms with Gasteiger partial charge in [-0.2, -0.15) is 12.6 Å². The number of carbonyl (C=O) groups excluding carboxylic acids is 7. The first-order valence-electron chi connectivity index (χ1n) is 21.7. The lowest BCUT2D eigenvalue weighted by atomic mass is 10.0. The minimum atomic E-state index is -1.64. The van der Waals surface area contributed by atoms with Crippen LogP contribution in [0.3, 0.4) is 0 Å². The van der Waals surface area contributed by atoms with Crippen molar-refractivity contribution in [2.24, 2.45) is 11.5 Å². The third-order valence-electron chi connectivity index (χ3n) is 10.7. The van der Waals surface area contributed by atoms with E-state index in [9.17, 15) is 68.4 Å². The lowest BCUT2D eigenvalue weighted by Crippen LogP contribution is -2.60. The number of guanidine groups is 1. The molecule has 26 heteroatoms. The summed E-state index contributed by atoms with van der Waals surface area (Å²) in [6.07, 6.45) is -2.19. The molecule has 0 bridgehead atoms. The molecule has 25 nitrogen and oxygen atoms in total. The van der Waals surface area contributed by atoms with Crippen LogP contribution in [0.25, 0.3) is 0 Å². The Balaban J connectivity index is 1.95. The van der Waals surface area contributed by atoms with Gasteiger partial charge >= 0.3 is 17.9 Å². The summed E-state index contributed by atoms with van der Waals surface area (Å²) in [4.78, 5) is 132. The van der Waals surface area contributed by atoms with Gasteiger partial charge in [-0.3, -0.25) is 48.6 Å². The SMILES string of the molecule is N=C(N)NCCC[C@H](NC(=O)[C@H](CCC(=O)O)NC(=O)[C@@H]1CCCN1C(=O)[C@H](CC(=O)O)NC(=O)CN)C(=O)N[C@@H](Cc1ccccc1)C(=O)N[C@@H](Cc1ccc(O)cc1)C(=O)N[C@@H](CS)C(=O)O. The van der Waals surface area contributed by atoms with Crippen LogP contribution in [0.1, 0.15) is 56.1 Å². The van der Waals surface area contributed by atoms with Gasteiger partial charge in [-0.05, 0) is 55.4 Å². The number of amides is 7. The third kappa shape index (κ3) is 19.0. The molecule has 3 rings (SSSR count). The number of nitrogens with zero attached hydrogens (tertiary/aromatic N) is 1. The van der Waals surface area contributed by atoms with Gasteiger partial charge in [0, 0.05) is 38.1 Å². The number of hydrogen-bond donors (Lipinski definition) is 15. The molecule has 7 amide bonds. The van der Waals surface area contributed by atoms with Gasteiger partial charge in [-0.15, -0.1) is 0 Å². The van der Waals surface area contributed by atoms with Crippen molar-refractivity contribution in [3.8, 4) is 5.75 Å². The van der Waals surface area contributed by atoms with Crippen LogP contribution in [0.15, 0.2) is 54.6 Å². The molecule has 69 heavy (non-hydrogen) atoms. The maximum absolute atomic E-state index is 14.3. The van der Waals surface area contributed by atoms with Gasteiger partial charge in [0.2, 0.25) is 41.4 Å². The molecular weight excluding hydrogens is 927 g/mol. The van der Waals surface area contributed by atoms with Crippen molar-refractivity contribution >= 4 is 77.8 Å². The Hall–Kier alpha value is -7.48. The quantitative estimate of drug-likeness (QED) is 0.0171. The second-order valence-corrected chi connectivity index (χ2v) is 16.3. The highest BCUT2D eigenvalue weighted by atomic mass is 32.1. The second-order valence-electron chi connectivity index (χ2n) is 15.9. The number of likely N-dealkylation sites (tertiary alicyclic amines) is 1. The van der Waals surface area contributed by atoms with Gasteiger partial charge in [0.25, 0.3) is 0 Å². The summed E-state index contributed by atoms with van der Waals surface area (Å²) in [5.74, 6) is -11.5. The number of carboxylic acid groups (broad SMARTS) is 3. The van der Waals surface area contributed by atoms with Gasteiger partial charge < -0.3 is 74.0 Å². The number of aromatic hydroxyl groups is 1. The van der Waals surface area contributed by atoms with E-state index in [4.69, 9.17) is 16.9 Å². The van der Waals surface area contributed by atoms with Crippen molar-refractivity contribution in [3.63, 3.8) is 0 Å². The molecule has 0 saturated carbocycles. The number of nitrogens with one attached hydrogen (secondary N) is 8. The van der Waals surface area contributed by atoms with Crippen LogP contribution >= 0.6 is 12.6 Å². The topological polar surface area (TPSA) is 415 Å². The Kier molecular flexibility index (Phi) is 22.7. The molecule has 16 N–H and O–H groups in total. The van der Waals surface area contributed by atoms with E-state index in [0.717, 1.165) is 4.90 Å². The van der Waals surface area contributed by atoms with E-state index >= 15 is 0 Å². The summed E-state index contributed by atoms with van der Waals surface area (Å²) in [5.41, 5.74) is 11.7. The third-order valence-corrected chi connectivity index (χ3v) is 11.0. The van der Waals surface area contributed by atoms with Crippen molar-refractivity contribution < 1.29 is 68.4 Å². The van der Waals surface area contributed by atoms with Crippen LogP contribution in [0.4, 0.5) is 0 Å². The summed E-state index contributed by atoms with van der Waals surface area (Å²) < 4.78 is 0. The first-order valence-corrected chi connectivity index (χ1v) is 22.3. The number of nitrogens with two attached hydrogens (primary N) is 2. The van der Waals surface area contributed by atoms with Crippen LogP contribution in [0.2, 0.25) is 0 Å². The Labute approximate surface area is 401 Å². The van der Waals surface area contributed by atoms with Crippen molar-refractivity contribution in [3.05, 3.63) is 65.7 Å². The highest BCUT2D eigenvalue weighted by Crippen LogP contribution is 2.20. The first kappa shape index (κ1) is 55.8. The number of carbonyl (C=O) groups is 10. The van der Waals surface area contributed by atoms with Crippen LogP contribution in [0.5, 0.6) is 5.75 Å². The first-order chi connectivity index (χ1) is 32.7. The number of phenolic OH excluding ortho intramolecular Hbond substituents is 1. The maximum Gasteiger partial charge on any atom is 0.327 e. The summed E-state index contributed by atoms with van der Waals surface area (Å²) in [7, 11) is 0. The zero-order chi connectivity index (χ0) is 51.2. The van der Waals surface area contributed by atoms with Gasteiger partial charge in [-0.1, -0.05) is 42.5 Å². The molecule has 2 aromatic rings. The smallest absolute Gasteiger partial charge is 0.327 e. The maximum atomic E-state index is 14.3. The minimum Gasteiger partial charge on any atom is -0.508 e. The van der Waals surface area contributed by atoms with Gasteiger partial charge in [0.15, 0.2) is 5.96 Å². The standard InChI is InChI=1S/C43H59N11O14S/c44-21-33(56)48-30(20-35(59)60)41(66)54-17-5-9-32(54)40(65)50-27(14-15-34(57)58)37(62)49-26(8-4-16-47-43(45)46)36(61)51-28(18-23-6-2-1-3-7-23)38(63)52-29(19-24-10-12-25(55)13-11-24)39(64)53-31(22-69)42(67)68/h1-3,6-7,10-13,26-32,55,69H,4-5,8-9,14-22,44H2,(H,48,56)(H,49,62)(H,50,65)(H,51,61)(H,52,63)(H,53,64)(H,57,58)(H,59,60)(H,67,68)(H4,45,46,47)/t26-,27-,28-,29-,30-,31-,32-/m0/s1. The fourth-order valence-electron chi connectivity index (χ4n) is 7.14. The monoisotopic (exact) mass is 985 g/mol. The van der Waals surface area contributed by atoms with Crippen molar-refractivity contribution in [1.29, 1.82) is 5.41 Å². The predicted molar refractivity (Wildman–Crippen MR) is 247 cm³/mol. The highest BCUT2D eigenvalue weighted by Gasteiger charge is 2.40. The molecule has 1 saturated heterocycles. The number of hydrogen-bond acceptors (Lipinski definition) is 14. The number of phenols is 1. The number of thiol groups is 1. The zero-order valence-electron chi connectivity index (χ0n) is 37.4. The molecule has 0 aromatic heterocycles.